The van der Waals surface area contributed by atoms with Crippen molar-refractivity contribution in [3.63, 3.8) is 0 Å². The van der Waals surface area contributed by atoms with E-state index in [1.165, 1.54) is 0 Å². The van der Waals surface area contributed by atoms with E-state index in [9.17, 15) is 4.79 Å². The number of carbonyl (C=O) groups excluding carboxylic acids is 1. The second-order valence-electron chi connectivity index (χ2n) is 2.09. The molecule has 0 aromatic heterocycles. The van der Waals surface area contributed by atoms with Gasteiger partial charge in [-0.3, -0.25) is 9.80 Å². The van der Waals surface area contributed by atoms with Crippen molar-refractivity contribution in [1.82, 2.24) is 10.4 Å². The number of hydrogen-bond acceptors (Lipinski definition) is 1. The Hall–Kier alpha value is -0.570. The van der Waals surface area contributed by atoms with Crippen molar-refractivity contribution in [2.24, 2.45) is 0 Å². The molecule has 0 atom stereocenters. The van der Waals surface area contributed by atoms with Gasteiger partial charge < -0.3 is 0 Å². The predicted molar refractivity (Wildman–Crippen MR) is 33.6 cm³/mol. The van der Waals surface area contributed by atoms with E-state index in [2.05, 4.69) is 5.43 Å². The maximum atomic E-state index is 10.8. The lowest BCUT2D eigenvalue weighted by molar-refractivity contribution is -0.132. The van der Waals surface area contributed by atoms with Gasteiger partial charge in [-0.1, -0.05) is 6.92 Å². The summed E-state index contributed by atoms with van der Waals surface area (Å²) in [5.74, 6) is 0.146. The van der Waals surface area contributed by atoms with E-state index in [-0.39, 0.29) is 5.91 Å². The van der Waals surface area contributed by atoms with Crippen LogP contribution in [0.15, 0.2) is 0 Å². The van der Waals surface area contributed by atoms with Gasteiger partial charge in [-0.05, 0) is 6.42 Å². The molecule has 3 nitrogen and oxygen atoms in total. The molecular weight excluding hydrogens is 116 g/mol. The van der Waals surface area contributed by atoms with Gasteiger partial charge in [0.15, 0.2) is 0 Å². The van der Waals surface area contributed by atoms with E-state index in [1.807, 2.05) is 6.92 Å². The smallest absolute Gasteiger partial charge is 0.237 e. The average molecular weight is 127 g/mol. The van der Waals surface area contributed by atoms with Crippen LogP contribution in [0.25, 0.3) is 0 Å². The lowest BCUT2D eigenvalue weighted by Gasteiger charge is -2.10. The average Bonchev–Trinajstić information content (AvgIpc) is 2.37. The molecule has 1 rings (SSSR count). The minimum atomic E-state index is 0.146. The molecule has 1 amide bonds. The SMILES string of the molecule is CCC(=O)N1CCC[N]1. The van der Waals surface area contributed by atoms with E-state index in [0.717, 1.165) is 19.5 Å². The summed E-state index contributed by atoms with van der Waals surface area (Å²) in [4.78, 5) is 10.8. The third-order valence-corrected chi connectivity index (χ3v) is 1.39. The third-order valence-electron chi connectivity index (χ3n) is 1.39. The Balaban J connectivity index is 2.32. The lowest BCUT2D eigenvalue weighted by Crippen LogP contribution is -2.31. The number of carbonyl (C=O) groups is 1. The van der Waals surface area contributed by atoms with Crippen LogP contribution >= 0.6 is 0 Å². The van der Waals surface area contributed by atoms with Gasteiger partial charge in [0.25, 0.3) is 0 Å². The molecule has 1 heterocycles. The highest BCUT2D eigenvalue weighted by Gasteiger charge is 2.16. The maximum Gasteiger partial charge on any atom is 0.237 e. The Morgan fingerprint density at radius 1 is 1.78 bits per heavy atom. The van der Waals surface area contributed by atoms with Crippen molar-refractivity contribution in [2.45, 2.75) is 19.8 Å². The Kier molecular flexibility index (Phi) is 2.05. The topological polar surface area (TPSA) is 34.4 Å². The predicted octanol–water partition coefficient (Wildman–Crippen LogP) is 0.148. The van der Waals surface area contributed by atoms with Crippen LogP contribution in [-0.2, 0) is 4.79 Å². The second-order valence-corrected chi connectivity index (χ2v) is 2.09. The summed E-state index contributed by atoms with van der Waals surface area (Å²) in [5.41, 5.74) is 3.99. The molecule has 1 radical (unpaired) electrons. The zero-order valence-corrected chi connectivity index (χ0v) is 5.63. The third kappa shape index (κ3) is 1.42. The van der Waals surface area contributed by atoms with Gasteiger partial charge in [0.2, 0.25) is 5.91 Å². The second kappa shape index (κ2) is 2.82. The molecule has 0 aliphatic carbocycles. The van der Waals surface area contributed by atoms with Crippen LogP contribution in [-0.4, -0.2) is 24.0 Å². The zero-order valence-electron chi connectivity index (χ0n) is 5.63. The Morgan fingerprint density at radius 2 is 2.56 bits per heavy atom. The monoisotopic (exact) mass is 127 g/mol. The molecule has 0 N–H and O–H groups in total. The molecule has 51 valence electrons. The molecule has 3 heteroatoms. The van der Waals surface area contributed by atoms with Crippen molar-refractivity contribution < 1.29 is 4.79 Å². The van der Waals surface area contributed by atoms with Crippen LogP contribution in [0.4, 0.5) is 0 Å². The van der Waals surface area contributed by atoms with Crippen LogP contribution in [0, 0.1) is 0 Å². The van der Waals surface area contributed by atoms with Crippen LogP contribution in [0.2, 0.25) is 0 Å². The first-order valence-electron chi connectivity index (χ1n) is 3.32. The summed E-state index contributed by atoms with van der Waals surface area (Å²) in [6.07, 6.45) is 1.61. The van der Waals surface area contributed by atoms with E-state index < -0.39 is 0 Å². The Labute approximate surface area is 55.0 Å². The van der Waals surface area contributed by atoms with Gasteiger partial charge in [-0.2, -0.15) is 0 Å². The molecule has 1 aliphatic heterocycles. The molecule has 9 heavy (non-hydrogen) atoms. The molecule has 1 aliphatic rings. The first-order valence-corrected chi connectivity index (χ1v) is 3.32. The normalized spacial score (nSPS) is 18.6. The van der Waals surface area contributed by atoms with E-state index in [1.54, 1.807) is 5.01 Å². The van der Waals surface area contributed by atoms with E-state index in [4.69, 9.17) is 0 Å². The van der Waals surface area contributed by atoms with Crippen LogP contribution in [0.1, 0.15) is 19.8 Å². The van der Waals surface area contributed by atoms with Gasteiger partial charge >= 0.3 is 0 Å². The van der Waals surface area contributed by atoms with Gasteiger partial charge in [-0.15, -0.1) is 5.43 Å². The van der Waals surface area contributed by atoms with Crippen LogP contribution in [0.5, 0.6) is 0 Å². The molecule has 0 aromatic carbocycles. The number of nitrogens with zero attached hydrogens (tertiary/aromatic N) is 2. The molecule has 0 bridgehead atoms. The number of amides is 1. The highest BCUT2D eigenvalue weighted by Crippen LogP contribution is 1.99. The fourth-order valence-electron chi connectivity index (χ4n) is 0.869. The minimum absolute atomic E-state index is 0.146. The Bertz CT molecular complexity index is 108. The van der Waals surface area contributed by atoms with Crippen molar-refractivity contribution in [1.29, 1.82) is 0 Å². The summed E-state index contributed by atoms with van der Waals surface area (Å²) < 4.78 is 0. The van der Waals surface area contributed by atoms with Crippen LogP contribution < -0.4 is 5.43 Å². The molecule has 0 unspecified atom stereocenters. The molecule has 0 saturated carbocycles. The standard InChI is InChI=1S/C6H11N2O/c1-2-6(9)8-5-3-4-7-8/h2-5H2,1H3. The van der Waals surface area contributed by atoms with Crippen LogP contribution in [0.3, 0.4) is 0 Å². The van der Waals surface area contributed by atoms with E-state index in [0.29, 0.717) is 6.42 Å². The van der Waals surface area contributed by atoms with Crippen molar-refractivity contribution >= 4 is 5.91 Å². The zero-order chi connectivity index (χ0) is 6.69. The maximum absolute atomic E-state index is 10.8. The molecule has 1 saturated heterocycles. The molecular formula is C6H11N2O. The number of hydrogen-bond donors (Lipinski definition) is 0. The largest absolute Gasteiger partial charge is 0.273 e. The van der Waals surface area contributed by atoms with Gasteiger partial charge in [0.1, 0.15) is 0 Å². The Morgan fingerprint density at radius 3 is 3.00 bits per heavy atom. The first-order chi connectivity index (χ1) is 4.34. The fraction of sp³-hybridized carbons (Fsp3) is 0.833. The molecule has 0 aromatic rings. The van der Waals surface area contributed by atoms with E-state index >= 15 is 0 Å². The summed E-state index contributed by atoms with van der Waals surface area (Å²) in [6, 6.07) is 0. The van der Waals surface area contributed by atoms with Gasteiger partial charge in [0, 0.05) is 19.5 Å². The van der Waals surface area contributed by atoms with Crippen molar-refractivity contribution in [3.05, 3.63) is 0 Å². The summed E-state index contributed by atoms with van der Waals surface area (Å²) in [7, 11) is 0. The van der Waals surface area contributed by atoms with Gasteiger partial charge in [-0.25, -0.2) is 0 Å². The molecule has 0 spiro atoms. The first kappa shape index (κ1) is 6.55. The quantitative estimate of drug-likeness (QED) is 0.493. The highest BCUT2D eigenvalue weighted by molar-refractivity contribution is 5.75. The fourth-order valence-corrected chi connectivity index (χ4v) is 0.869. The summed E-state index contributed by atoms with van der Waals surface area (Å²) >= 11 is 0. The summed E-state index contributed by atoms with van der Waals surface area (Å²) in [6.45, 7) is 3.51. The molecule has 1 fully saturated rings. The summed E-state index contributed by atoms with van der Waals surface area (Å²) in [5, 5.41) is 1.57. The minimum Gasteiger partial charge on any atom is -0.273 e. The lowest BCUT2D eigenvalue weighted by atomic mass is 10.4. The van der Waals surface area contributed by atoms with Gasteiger partial charge in [0.05, 0.1) is 0 Å². The highest BCUT2D eigenvalue weighted by atomic mass is 16.2. The van der Waals surface area contributed by atoms with Crippen molar-refractivity contribution in [3.8, 4) is 0 Å². The van der Waals surface area contributed by atoms with Crippen molar-refractivity contribution in [2.75, 3.05) is 13.1 Å². The number of rotatable bonds is 1.